The van der Waals surface area contributed by atoms with Gasteiger partial charge >= 0.3 is 0 Å². The highest BCUT2D eigenvalue weighted by Crippen LogP contribution is 2.70. The molecule has 3 unspecified atom stereocenters. The van der Waals surface area contributed by atoms with Gasteiger partial charge in [-0.3, -0.25) is 0 Å². The maximum absolute atomic E-state index is 6.29. The maximum atomic E-state index is 6.29. The average molecular weight is 407 g/mol. The van der Waals surface area contributed by atoms with Gasteiger partial charge in [0, 0.05) is 24.7 Å². The summed E-state index contributed by atoms with van der Waals surface area (Å²) in [7, 11) is 0. The van der Waals surface area contributed by atoms with E-state index in [1.165, 1.54) is 38.5 Å². The summed E-state index contributed by atoms with van der Waals surface area (Å²) in [5, 5.41) is 0. The molecule has 4 saturated carbocycles. The third-order valence-electron chi connectivity index (χ3n) is 10.3. The van der Waals surface area contributed by atoms with Gasteiger partial charge in [-0.25, -0.2) is 0 Å². The van der Waals surface area contributed by atoms with E-state index in [4.69, 9.17) is 18.9 Å². The first kappa shape index (κ1) is 20.7. The lowest BCUT2D eigenvalue weighted by molar-refractivity contribution is -0.257. The summed E-state index contributed by atoms with van der Waals surface area (Å²) in [6.45, 7) is 12.3. The van der Waals surface area contributed by atoms with Crippen molar-refractivity contribution in [2.75, 3.05) is 26.4 Å². The molecule has 0 bridgehead atoms. The van der Waals surface area contributed by atoms with Crippen LogP contribution in [0.4, 0.5) is 0 Å². The monoisotopic (exact) mass is 406 g/mol. The molecule has 6 rings (SSSR count). The Bertz CT molecular complexity index is 608. The van der Waals surface area contributed by atoms with E-state index in [0.717, 1.165) is 69.4 Å². The molecular formula is C25H42O4. The lowest BCUT2D eigenvalue weighted by Gasteiger charge is -2.62. The highest BCUT2D eigenvalue weighted by atomic mass is 16.7. The second-order valence-corrected chi connectivity index (χ2v) is 10.9. The fourth-order valence-electron chi connectivity index (χ4n) is 8.84. The summed E-state index contributed by atoms with van der Waals surface area (Å²) in [5.74, 6) is 2.78. The first-order valence-corrected chi connectivity index (χ1v) is 12.6. The Labute approximate surface area is 177 Å². The summed E-state index contributed by atoms with van der Waals surface area (Å²) < 4.78 is 24.8. The van der Waals surface area contributed by atoms with E-state index in [1.54, 1.807) is 0 Å². The minimum Gasteiger partial charge on any atom is -0.348 e. The first-order valence-electron chi connectivity index (χ1n) is 12.6. The second kappa shape index (κ2) is 7.18. The van der Waals surface area contributed by atoms with Gasteiger partial charge in [-0.1, -0.05) is 27.7 Å². The average Bonchev–Trinajstić information content (AvgIpc) is 3.46. The van der Waals surface area contributed by atoms with Crippen LogP contribution in [0.3, 0.4) is 0 Å². The molecule has 0 radical (unpaired) electrons. The van der Waals surface area contributed by atoms with Crippen LogP contribution in [0, 0.1) is 34.5 Å². The summed E-state index contributed by atoms with van der Waals surface area (Å²) in [4.78, 5) is 0. The molecule has 6 atom stereocenters. The van der Waals surface area contributed by atoms with Crippen LogP contribution in [0.1, 0.15) is 85.5 Å². The third-order valence-corrected chi connectivity index (χ3v) is 10.3. The molecule has 4 aliphatic carbocycles. The van der Waals surface area contributed by atoms with Crippen molar-refractivity contribution in [3.63, 3.8) is 0 Å². The van der Waals surface area contributed by atoms with Gasteiger partial charge in [0.2, 0.25) is 0 Å². The van der Waals surface area contributed by atoms with Crippen LogP contribution in [0.25, 0.3) is 0 Å². The van der Waals surface area contributed by atoms with Gasteiger partial charge in [-0.15, -0.1) is 0 Å². The van der Waals surface area contributed by atoms with Crippen LogP contribution in [-0.2, 0) is 18.9 Å². The van der Waals surface area contributed by atoms with E-state index in [-0.39, 0.29) is 17.0 Å². The van der Waals surface area contributed by atoms with E-state index in [0.29, 0.717) is 5.41 Å². The fraction of sp³-hybridized carbons (Fsp3) is 1.00. The van der Waals surface area contributed by atoms with Crippen molar-refractivity contribution in [1.29, 1.82) is 0 Å². The van der Waals surface area contributed by atoms with Gasteiger partial charge in [-0.05, 0) is 67.6 Å². The quantitative estimate of drug-likeness (QED) is 0.529. The minimum absolute atomic E-state index is 0.224. The van der Waals surface area contributed by atoms with Crippen molar-refractivity contribution in [2.24, 2.45) is 34.5 Å². The molecule has 2 spiro atoms. The molecule has 2 aliphatic heterocycles. The number of rotatable bonds is 0. The Balaban J connectivity index is 0.000000882. The molecule has 0 N–H and O–H groups in total. The molecular weight excluding hydrogens is 364 g/mol. The fourth-order valence-corrected chi connectivity index (χ4v) is 8.84. The predicted octanol–water partition coefficient (Wildman–Crippen LogP) is 5.54. The molecule has 6 fully saturated rings. The first-order chi connectivity index (χ1) is 14.0. The molecule has 0 amide bonds. The zero-order valence-corrected chi connectivity index (χ0v) is 19.1. The van der Waals surface area contributed by atoms with E-state index in [2.05, 4.69) is 13.8 Å². The molecule has 6 aliphatic rings. The lowest BCUT2D eigenvalue weighted by atomic mass is 9.44. The SMILES string of the molecule is CC.C[C@]12CCC3C(CC[C@H]4CC5(CC[C@]34C)OCCO5)C1CCC21OCCO1. The van der Waals surface area contributed by atoms with Crippen LogP contribution in [0.15, 0.2) is 0 Å². The number of hydrogen-bond acceptors (Lipinski definition) is 4. The Kier molecular flexibility index (Phi) is 5.13. The van der Waals surface area contributed by atoms with Crippen molar-refractivity contribution in [3.05, 3.63) is 0 Å². The molecule has 4 nitrogen and oxygen atoms in total. The molecule has 2 heterocycles. The molecule has 0 aromatic heterocycles. The smallest absolute Gasteiger partial charge is 0.174 e. The summed E-state index contributed by atoms with van der Waals surface area (Å²) in [6, 6.07) is 0. The topological polar surface area (TPSA) is 36.9 Å². The Morgan fingerprint density at radius 2 is 1.31 bits per heavy atom. The molecule has 0 aromatic rings. The van der Waals surface area contributed by atoms with Crippen molar-refractivity contribution < 1.29 is 18.9 Å². The third kappa shape index (κ3) is 2.78. The Morgan fingerprint density at radius 1 is 0.655 bits per heavy atom. The summed E-state index contributed by atoms with van der Waals surface area (Å²) in [5.41, 5.74) is 0.694. The highest BCUT2D eigenvalue weighted by molar-refractivity contribution is 5.13. The van der Waals surface area contributed by atoms with Gasteiger partial charge < -0.3 is 18.9 Å². The van der Waals surface area contributed by atoms with Crippen molar-refractivity contribution in [2.45, 2.75) is 97.1 Å². The second-order valence-electron chi connectivity index (χ2n) is 10.9. The summed E-state index contributed by atoms with van der Waals surface area (Å²) >= 11 is 0. The molecule has 29 heavy (non-hydrogen) atoms. The highest BCUT2D eigenvalue weighted by Gasteiger charge is 2.67. The van der Waals surface area contributed by atoms with E-state index in [9.17, 15) is 0 Å². The van der Waals surface area contributed by atoms with Crippen molar-refractivity contribution in [3.8, 4) is 0 Å². The van der Waals surface area contributed by atoms with Crippen LogP contribution < -0.4 is 0 Å². The van der Waals surface area contributed by atoms with Crippen LogP contribution >= 0.6 is 0 Å². The maximum Gasteiger partial charge on any atom is 0.174 e. The largest absolute Gasteiger partial charge is 0.348 e. The van der Waals surface area contributed by atoms with E-state index in [1.807, 2.05) is 13.8 Å². The molecule has 2 saturated heterocycles. The van der Waals surface area contributed by atoms with Crippen molar-refractivity contribution >= 4 is 0 Å². The van der Waals surface area contributed by atoms with Gasteiger partial charge in [0.25, 0.3) is 0 Å². The molecule has 0 aromatic carbocycles. The van der Waals surface area contributed by atoms with Crippen LogP contribution in [0.5, 0.6) is 0 Å². The zero-order chi connectivity index (χ0) is 20.3. The van der Waals surface area contributed by atoms with Gasteiger partial charge in [0.15, 0.2) is 11.6 Å². The minimum atomic E-state index is -0.261. The Morgan fingerprint density at radius 3 is 2.03 bits per heavy atom. The van der Waals surface area contributed by atoms with Gasteiger partial charge in [-0.2, -0.15) is 0 Å². The van der Waals surface area contributed by atoms with E-state index >= 15 is 0 Å². The predicted molar refractivity (Wildman–Crippen MR) is 112 cm³/mol. The normalized spacial score (nSPS) is 49.2. The van der Waals surface area contributed by atoms with Crippen LogP contribution in [-0.4, -0.2) is 38.0 Å². The summed E-state index contributed by atoms with van der Waals surface area (Å²) in [6.07, 6.45) is 11.3. The van der Waals surface area contributed by atoms with Gasteiger partial charge in [0.1, 0.15) is 0 Å². The number of ether oxygens (including phenoxy) is 4. The van der Waals surface area contributed by atoms with Crippen LogP contribution in [0.2, 0.25) is 0 Å². The molecule has 166 valence electrons. The molecule has 4 heteroatoms. The number of fused-ring (bicyclic) bond motifs is 6. The Hall–Kier alpha value is -0.160. The van der Waals surface area contributed by atoms with Gasteiger partial charge in [0.05, 0.1) is 26.4 Å². The van der Waals surface area contributed by atoms with Crippen molar-refractivity contribution in [1.82, 2.24) is 0 Å². The number of hydrogen-bond donors (Lipinski definition) is 0. The standard InChI is InChI=1S/C23H36O4.C2H6/c1-20-9-10-22(24-11-12-25-22)15-16(20)3-4-17-18(20)5-7-21(2)19(17)6-8-23(21)26-13-14-27-23;1-2/h16-19H,3-15H2,1-2H3;1-2H3/t16-,17?,18?,19?,20-,21-;/m0./s1. The lowest BCUT2D eigenvalue weighted by Crippen LogP contribution is -2.58. The van der Waals surface area contributed by atoms with E-state index < -0.39 is 0 Å². The zero-order valence-electron chi connectivity index (χ0n) is 19.1.